The molecule has 2 fully saturated rings. The number of fused-ring (bicyclic) bond motifs is 2. The van der Waals surface area contributed by atoms with Gasteiger partial charge in [0, 0.05) is 0 Å². The Labute approximate surface area is 80.7 Å². The SMILES string of the molecule is C1=C2CCCCC2=C2CCCCC12. The van der Waals surface area contributed by atoms with E-state index in [1.54, 1.807) is 11.1 Å². The van der Waals surface area contributed by atoms with Crippen LogP contribution < -0.4 is 0 Å². The molecule has 3 aliphatic rings. The lowest BCUT2D eigenvalue weighted by molar-refractivity contribution is 0.521. The van der Waals surface area contributed by atoms with Gasteiger partial charge in [-0.25, -0.2) is 0 Å². The van der Waals surface area contributed by atoms with Crippen LogP contribution in [0.25, 0.3) is 0 Å². The van der Waals surface area contributed by atoms with Gasteiger partial charge in [0.15, 0.2) is 0 Å². The minimum atomic E-state index is 0.886. The second-order valence-electron chi connectivity index (χ2n) is 4.76. The zero-order valence-corrected chi connectivity index (χ0v) is 8.31. The van der Waals surface area contributed by atoms with Crippen molar-refractivity contribution < 1.29 is 0 Å². The van der Waals surface area contributed by atoms with Gasteiger partial charge in [0.05, 0.1) is 0 Å². The third-order valence-corrected chi connectivity index (χ3v) is 3.96. The molecule has 0 aromatic carbocycles. The van der Waals surface area contributed by atoms with Crippen LogP contribution in [0.1, 0.15) is 51.4 Å². The summed E-state index contributed by atoms with van der Waals surface area (Å²) in [6, 6.07) is 0. The van der Waals surface area contributed by atoms with E-state index in [1.807, 2.05) is 5.57 Å². The van der Waals surface area contributed by atoms with Gasteiger partial charge in [0.1, 0.15) is 0 Å². The highest BCUT2D eigenvalue weighted by Crippen LogP contribution is 2.45. The molecule has 0 heterocycles. The van der Waals surface area contributed by atoms with Gasteiger partial charge in [0.2, 0.25) is 0 Å². The smallest absolute Gasteiger partial charge is 0.00114 e. The van der Waals surface area contributed by atoms with E-state index < -0.39 is 0 Å². The fraction of sp³-hybridized carbons (Fsp3) is 0.692. The molecule has 0 saturated heterocycles. The molecule has 0 radical (unpaired) electrons. The standard InChI is InChI=1S/C13H18/c1-3-7-12-10(5-1)9-11-6-2-4-8-13(11)12/h9-10H,1-8H2. The van der Waals surface area contributed by atoms with Crippen LogP contribution in [0.15, 0.2) is 22.8 Å². The van der Waals surface area contributed by atoms with Crippen LogP contribution in [0, 0.1) is 5.92 Å². The molecule has 1 atom stereocenters. The van der Waals surface area contributed by atoms with Crippen LogP contribution in [-0.4, -0.2) is 0 Å². The van der Waals surface area contributed by atoms with Crippen molar-refractivity contribution in [3.63, 3.8) is 0 Å². The van der Waals surface area contributed by atoms with Gasteiger partial charge in [0.25, 0.3) is 0 Å². The first-order valence-corrected chi connectivity index (χ1v) is 5.88. The van der Waals surface area contributed by atoms with Crippen molar-refractivity contribution >= 4 is 0 Å². The summed E-state index contributed by atoms with van der Waals surface area (Å²) >= 11 is 0. The molecule has 0 nitrogen and oxygen atoms in total. The largest absolute Gasteiger partial charge is 0.0738 e. The summed E-state index contributed by atoms with van der Waals surface area (Å²) < 4.78 is 0. The Kier molecular flexibility index (Phi) is 1.81. The maximum atomic E-state index is 2.60. The van der Waals surface area contributed by atoms with Gasteiger partial charge in [-0.3, -0.25) is 0 Å². The van der Waals surface area contributed by atoms with Crippen LogP contribution in [-0.2, 0) is 0 Å². The van der Waals surface area contributed by atoms with Crippen molar-refractivity contribution in [1.82, 2.24) is 0 Å². The first-order valence-electron chi connectivity index (χ1n) is 5.88. The van der Waals surface area contributed by atoms with E-state index in [4.69, 9.17) is 0 Å². The molecule has 0 aliphatic heterocycles. The minimum absolute atomic E-state index is 0.886. The van der Waals surface area contributed by atoms with Crippen LogP contribution in [0.2, 0.25) is 0 Å². The highest BCUT2D eigenvalue weighted by Gasteiger charge is 2.28. The third-order valence-electron chi connectivity index (χ3n) is 3.96. The van der Waals surface area contributed by atoms with Gasteiger partial charge in [-0.15, -0.1) is 0 Å². The molecule has 3 aliphatic carbocycles. The fourth-order valence-electron chi connectivity index (χ4n) is 3.32. The number of allylic oxidation sites excluding steroid dienone is 4. The minimum Gasteiger partial charge on any atom is -0.0738 e. The van der Waals surface area contributed by atoms with Gasteiger partial charge in [-0.2, -0.15) is 0 Å². The summed E-state index contributed by atoms with van der Waals surface area (Å²) in [6.45, 7) is 0. The van der Waals surface area contributed by atoms with E-state index >= 15 is 0 Å². The summed E-state index contributed by atoms with van der Waals surface area (Å²) in [5.41, 5.74) is 5.39. The second-order valence-corrected chi connectivity index (χ2v) is 4.76. The van der Waals surface area contributed by atoms with Crippen LogP contribution >= 0.6 is 0 Å². The Morgan fingerprint density at radius 3 is 2.77 bits per heavy atom. The molecule has 0 amide bonds. The third kappa shape index (κ3) is 1.19. The lowest BCUT2D eigenvalue weighted by atomic mass is 9.83. The van der Waals surface area contributed by atoms with Crippen LogP contribution in [0.5, 0.6) is 0 Å². The van der Waals surface area contributed by atoms with E-state index in [1.165, 1.54) is 51.4 Å². The Hall–Kier alpha value is -0.520. The Bertz CT molecular complexity index is 280. The summed E-state index contributed by atoms with van der Waals surface area (Å²) in [5.74, 6) is 0.886. The van der Waals surface area contributed by atoms with Gasteiger partial charge >= 0.3 is 0 Å². The van der Waals surface area contributed by atoms with E-state index in [0.717, 1.165) is 5.92 Å². The molecule has 13 heavy (non-hydrogen) atoms. The van der Waals surface area contributed by atoms with Crippen molar-refractivity contribution in [1.29, 1.82) is 0 Å². The molecule has 3 rings (SSSR count). The predicted molar refractivity (Wildman–Crippen MR) is 55.5 cm³/mol. The molecule has 0 spiro atoms. The molecule has 0 N–H and O–H groups in total. The van der Waals surface area contributed by atoms with Gasteiger partial charge in [-0.1, -0.05) is 18.1 Å². The average Bonchev–Trinajstić information content (AvgIpc) is 2.56. The monoisotopic (exact) mass is 174 g/mol. The van der Waals surface area contributed by atoms with Crippen molar-refractivity contribution in [2.75, 3.05) is 0 Å². The molecular weight excluding hydrogens is 156 g/mol. The molecule has 1 unspecified atom stereocenters. The predicted octanol–water partition coefficient (Wildman–Crippen LogP) is 3.99. The molecule has 0 aromatic heterocycles. The summed E-state index contributed by atoms with van der Waals surface area (Å²) in [4.78, 5) is 0. The first-order chi connectivity index (χ1) is 6.45. The molecular formula is C13H18. The maximum Gasteiger partial charge on any atom is -0.00114 e. The quantitative estimate of drug-likeness (QED) is 0.521. The summed E-state index contributed by atoms with van der Waals surface area (Å²) in [6.07, 6.45) is 14.1. The zero-order chi connectivity index (χ0) is 8.67. The second kappa shape index (κ2) is 3.01. The van der Waals surface area contributed by atoms with E-state index in [2.05, 4.69) is 6.08 Å². The number of hydrogen-bond donors (Lipinski definition) is 0. The Balaban J connectivity index is 1.97. The van der Waals surface area contributed by atoms with Crippen molar-refractivity contribution in [2.24, 2.45) is 5.92 Å². The van der Waals surface area contributed by atoms with Crippen molar-refractivity contribution in [2.45, 2.75) is 51.4 Å². The van der Waals surface area contributed by atoms with Crippen LogP contribution in [0.4, 0.5) is 0 Å². The maximum absolute atomic E-state index is 2.60. The van der Waals surface area contributed by atoms with E-state index in [9.17, 15) is 0 Å². The first kappa shape index (κ1) is 7.84. The summed E-state index contributed by atoms with van der Waals surface area (Å²) in [5, 5.41) is 0. The lowest BCUT2D eigenvalue weighted by Crippen LogP contribution is -2.06. The fourth-order valence-corrected chi connectivity index (χ4v) is 3.32. The van der Waals surface area contributed by atoms with Gasteiger partial charge < -0.3 is 0 Å². The Morgan fingerprint density at radius 1 is 0.923 bits per heavy atom. The van der Waals surface area contributed by atoms with E-state index in [0.29, 0.717) is 0 Å². The molecule has 0 heteroatoms. The molecule has 2 saturated carbocycles. The molecule has 70 valence electrons. The Morgan fingerprint density at radius 2 is 1.77 bits per heavy atom. The summed E-state index contributed by atoms with van der Waals surface area (Å²) in [7, 11) is 0. The highest BCUT2D eigenvalue weighted by atomic mass is 14.3. The van der Waals surface area contributed by atoms with Crippen molar-refractivity contribution in [3.8, 4) is 0 Å². The number of hydrogen-bond acceptors (Lipinski definition) is 0. The molecule has 0 aromatic rings. The normalized spacial score (nSPS) is 32.6. The topological polar surface area (TPSA) is 0 Å². The van der Waals surface area contributed by atoms with Crippen molar-refractivity contribution in [3.05, 3.63) is 22.8 Å². The van der Waals surface area contributed by atoms with Crippen LogP contribution in [0.3, 0.4) is 0 Å². The zero-order valence-electron chi connectivity index (χ0n) is 8.31. The number of rotatable bonds is 0. The highest BCUT2D eigenvalue weighted by molar-refractivity contribution is 5.46. The lowest BCUT2D eigenvalue weighted by Gasteiger charge is -2.22. The van der Waals surface area contributed by atoms with E-state index in [-0.39, 0.29) is 0 Å². The average molecular weight is 174 g/mol. The molecule has 0 bridgehead atoms. The van der Waals surface area contributed by atoms with Gasteiger partial charge in [-0.05, 0) is 62.0 Å².